The predicted molar refractivity (Wildman–Crippen MR) is 81.2 cm³/mol. The Morgan fingerprint density at radius 1 is 1.48 bits per heavy atom. The second-order valence-electron chi connectivity index (χ2n) is 6.01. The van der Waals surface area contributed by atoms with Crippen molar-refractivity contribution in [1.29, 1.82) is 0 Å². The first-order chi connectivity index (χ1) is 9.73. The third kappa shape index (κ3) is 6.14. The Balaban J connectivity index is 2.66. The molecule has 2 N–H and O–H groups in total. The standard InChI is InChI=1S/C14H26N4O3/c1-10(9-20-6)15-7-11-8-16-18(5)12(11)17-13(19)21-14(2,3)4/h8,10,15H,7,9H2,1-6H3,(H,17,19). The zero-order valence-electron chi connectivity index (χ0n) is 13.7. The lowest BCUT2D eigenvalue weighted by molar-refractivity contribution is 0.0634. The van der Waals surface area contributed by atoms with Gasteiger partial charge in [-0.3, -0.25) is 10.00 Å². The third-order valence-electron chi connectivity index (χ3n) is 2.69. The molecule has 1 unspecified atom stereocenters. The number of carbonyl (C=O) groups is 1. The van der Waals surface area contributed by atoms with Crippen molar-refractivity contribution in [3.05, 3.63) is 11.8 Å². The summed E-state index contributed by atoms with van der Waals surface area (Å²) in [5, 5.41) is 10.2. The van der Waals surface area contributed by atoms with Crippen molar-refractivity contribution in [1.82, 2.24) is 15.1 Å². The highest BCUT2D eigenvalue weighted by Crippen LogP contribution is 2.16. The normalized spacial score (nSPS) is 13.0. The fourth-order valence-corrected chi connectivity index (χ4v) is 1.77. The Kier molecular flexibility index (Phi) is 6.17. The second-order valence-corrected chi connectivity index (χ2v) is 6.01. The number of aromatic nitrogens is 2. The summed E-state index contributed by atoms with van der Waals surface area (Å²) in [6, 6.07) is 0.213. The van der Waals surface area contributed by atoms with Crippen molar-refractivity contribution in [3.63, 3.8) is 0 Å². The van der Waals surface area contributed by atoms with Crippen molar-refractivity contribution in [3.8, 4) is 0 Å². The molecule has 7 heteroatoms. The number of rotatable bonds is 6. The molecular formula is C14H26N4O3. The zero-order valence-corrected chi connectivity index (χ0v) is 13.7. The van der Waals surface area contributed by atoms with E-state index < -0.39 is 11.7 Å². The minimum Gasteiger partial charge on any atom is -0.444 e. The molecule has 0 aliphatic carbocycles. The molecular weight excluding hydrogens is 272 g/mol. The van der Waals surface area contributed by atoms with Crippen LogP contribution >= 0.6 is 0 Å². The van der Waals surface area contributed by atoms with Gasteiger partial charge in [0.2, 0.25) is 0 Å². The summed E-state index contributed by atoms with van der Waals surface area (Å²) in [5.41, 5.74) is 0.361. The number of nitrogens with one attached hydrogen (secondary N) is 2. The highest BCUT2D eigenvalue weighted by atomic mass is 16.6. The number of carbonyl (C=O) groups excluding carboxylic acids is 1. The van der Waals surface area contributed by atoms with E-state index in [4.69, 9.17) is 9.47 Å². The Labute approximate surface area is 126 Å². The molecule has 120 valence electrons. The van der Waals surface area contributed by atoms with Gasteiger partial charge >= 0.3 is 6.09 Å². The van der Waals surface area contributed by atoms with Crippen LogP contribution in [0.2, 0.25) is 0 Å². The van der Waals surface area contributed by atoms with E-state index in [1.807, 2.05) is 27.7 Å². The van der Waals surface area contributed by atoms with Gasteiger partial charge in [0.05, 0.1) is 12.8 Å². The number of nitrogens with zero attached hydrogens (tertiary/aromatic N) is 2. The molecule has 0 fully saturated rings. The van der Waals surface area contributed by atoms with E-state index >= 15 is 0 Å². The first kappa shape index (κ1) is 17.5. The van der Waals surface area contributed by atoms with Crippen LogP contribution in [0.1, 0.15) is 33.3 Å². The topological polar surface area (TPSA) is 77.4 Å². The van der Waals surface area contributed by atoms with E-state index in [-0.39, 0.29) is 6.04 Å². The van der Waals surface area contributed by atoms with Crippen LogP contribution in [0.25, 0.3) is 0 Å². The summed E-state index contributed by atoms with van der Waals surface area (Å²) in [6.07, 6.45) is 1.23. The summed E-state index contributed by atoms with van der Waals surface area (Å²) in [4.78, 5) is 11.9. The Morgan fingerprint density at radius 2 is 2.14 bits per heavy atom. The molecule has 7 nitrogen and oxygen atoms in total. The highest BCUT2D eigenvalue weighted by Gasteiger charge is 2.19. The lowest BCUT2D eigenvalue weighted by atomic mass is 10.2. The van der Waals surface area contributed by atoms with E-state index in [1.165, 1.54) is 0 Å². The molecule has 0 aromatic carbocycles. The fraction of sp³-hybridized carbons (Fsp3) is 0.714. The first-order valence-corrected chi connectivity index (χ1v) is 6.96. The van der Waals surface area contributed by atoms with E-state index in [1.54, 1.807) is 25.0 Å². The van der Waals surface area contributed by atoms with Crippen molar-refractivity contribution >= 4 is 11.9 Å². The average molecular weight is 298 g/mol. The van der Waals surface area contributed by atoms with Crippen LogP contribution in [0, 0.1) is 0 Å². The number of aryl methyl sites for hydroxylation is 1. The summed E-state index contributed by atoms with van der Waals surface area (Å²) >= 11 is 0. The van der Waals surface area contributed by atoms with Gasteiger partial charge in [-0.2, -0.15) is 5.10 Å². The van der Waals surface area contributed by atoms with E-state index in [0.717, 1.165) is 5.56 Å². The number of anilines is 1. The minimum absolute atomic E-state index is 0.213. The maximum atomic E-state index is 11.9. The number of methoxy groups -OCH3 is 1. The van der Waals surface area contributed by atoms with Gasteiger partial charge in [0.1, 0.15) is 11.4 Å². The quantitative estimate of drug-likeness (QED) is 0.838. The number of ether oxygens (including phenoxy) is 2. The van der Waals surface area contributed by atoms with Crippen LogP contribution in [-0.2, 0) is 23.1 Å². The molecule has 0 aliphatic heterocycles. The third-order valence-corrected chi connectivity index (χ3v) is 2.69. The van der Waals surface area contributed by atoms with Gasteiger partial charge in [0.25, 0.3) is 0 Å². The van der Waals surface area contributed by atoms with Gasteiger partial charge in [-0.25, -0.2) is 4.79 Å². The number of hydrogen-bond donors (Lipinski definition) is 2. The van der Waals surface area contributed by atoms with Gasteiger partial charge < -0.3 is 14.8 Å². The van der Waals surface area contributed by atoms with Crippen molar-refractivity contribution in [2.45, 2.75) is 45.9 Å². The van der Waals surface area contributed by atoms with Gasteiger partial charge in [0, 0.05) is 32.3 Å². The van der Waals surface area contributed by atoms with E-state index in [0.29, 0.717) is 19.0 Å². The molecule has 1 rings (SSSR count). The predicted octanol–water partition coefficient (Wildman–Crippen LogP) is 1.89. The molecule has 1 aromatic heterocycles. The Hall–Kier alpha value is -1.60. The SMILES string of the molecule is COCC(C)NCc1cnn(C)c1NC(=O)OC(C)(C)C. The molecule has 0 bridgehead atoms. The van der Waals surface area contributed by atoms with Gasteiger partial charge in [-0.1, -0.05) is 0 Å². The van der Waals surface area contributed by atoms with E-state index in [9.17, 15) is 4.79 Å². The number of amides is 1. The van der Waals surface area contributed by atoms with Crippen LogP contribution in [0.15, 0.2) is 6.20 Å². The average Bonchev–Trinajstić information content (AvgIpc) is 2.66. The van der Waals surface area contributed by atoms with Crippen molar-refractivity contribution < 1.29 is 14.3 Å². The summed E-state index contributed by atoms with van der Waals surface area (Å²) in [5.74, 6) is 0.626. The maximum absolute atomic E-state index is 11.9. The molecule has 0 radical (unpaired) electrons. The molecule has 1 aromatic rings. The van der Waals surface area contributed by atoms with Crippen molar-refractivity contribution in [2.24, 2.45) is 7.05 Å². The molecule has 21 heavy (non-hydrogen) atoms. The second kappa shape index (κ2) is 7.42. The zero-order chi connectivity index (χ0) is 16.0. The van der Waals surface area contributed by atoms with Gasteiger partial charge in [-0.15, -0.1) is 0 Å². The molecule has 0 saturated heterocycles. The molecule has 0 aliphatic rings. The minimum atomic E-state index is -0.534. The van der Waals surface area contributed by atoms with Crippen LogP contribution in [0.5, 0.6) is 0 Å². The Morgan fingerprint density at radius 3 is 2.71 bits per heavy atom. The van der Waals surface area contributed by atoms with Crippen LogP contribution < -0.4 is 10.6 Å². The summed E-state index contributed by atoms with van der Waals surface area (Å²) in [7, 11) is 3.44. The monoisotopic (exact) mass is 298 g/mol. The number of hydrogen-bond acceptors (Lipinski definition) is 5. The Bertz CT molecular complexity index is 465. The summed E-state index contributed by atoms with van der Waals surface area (Å²) < 4.78 is 11.9. The molecule has 1 atom stereocenters. The van der Waals surface area contributed by atoms with Crippen molar-refractivity contribution in [2.75, 3.05) is 19.0 Å². The molecule has 0 saturated carbocycles. The summed E-state index contributed by atoms with van der Waals surface area (Å²) in [6.45, 7) is 8.71. The molecule has 1 amide bonds. The molecule has 0 spiro atoms. The fourth-order valence-electron chi connectivity index (χ4n) is 1.77. The molecule has 1 heterocycles. The largest absolute Gasteiger partial charge is 0.444 e. The lowest BCUT2D eigenvalue weighted by Gasteiger charge is -2.20. The first-order valence-electron chi connectivity index (χ1n) is 6.96. The van der Waals surface area contributed by atoms with Crippen LogP contribution in [0.3, 0.4) is 0 Å². The van der Waals surface area contributed by atoms with Gasteiger partial charge in [0.15, 0.2) is 0 Å². The smallest absolute Gasteiger partial charge is 0.413 e. The maximum Gasteiger partial charge on any atom is 0.413 e. The highest BCUT2D eigenvalue weighted by molar-refractivity contribution is 5.84. The van der Waals surface area contributed by atoms with Crippen LogP contribution in [-0.4, -0.2) is 41.2 Å². The van der Waals surface area contributed by atoms with Gasteiger partial charge in [-0.05, 0) is 27.7 Å². The lowest BCUT2D eigenvalue weighted by Crippen LogP contribution is -2.31. The van der Waals surface area contributed by atoms with Crippen LogP contribution in [0.4, 0.5) is 10.6 Å². The van der Waals surface area contributed by atoms with E-state index in [2.05, 4.69) is 15.7 Å².